The number of nitrogens with one attached hydrogen (secondary N) is 4. The van der Waals surface area contributed by atoms with E-state index in [1.807, 2.05) is 0 Å². The smallest absolute Gasteiger partial charge is 0.269 e. The largest absolute Gasteiger partial charge is 0.494 e. The molecular formula is C15H11N5O6S2. The Morgan fingerprint density at radius 1 is 0.857 bits per heavy atom. The average molecular weight is 421 g/mol. The number of nitro benzene ring substituents is 1. The maximum absolute atomic E-state index is 12.5. The summed E-state index contributed by atoms with van der Waals surface area (Å²) in [4.78, 5) is 44.5. The highest BCUT2D eigenvalue weighted by molar-refractivity contribution is 7.71. The lowest BCUT2D eigenvalue weighted by Crippen LogP contribution is -2.25. The van der Waals surface area contributed by atoms with E-state index in [1.165, 1.54) is 12.1 Å². The first-order valence-electron chi connectivity index (χ1n) is 7.54. The van der Waals surface area contributed by atoms with Gasteiger partial charge in [-0.15, -0.1) is 0 Å². The van der Waals surface area contributed by atoms with Crippen molar-refractivity contribution < 1.29 is 15.1 Å². The van der Waals surface area contributed by atoms with E-state index in [1.54, 1.807) is 0 Å². The zero-order valence-corrected chi connectivity index (χ0v) is 15.3. The van der Waals surface area contributed by atoms with E-state index in [4.69, 9.17) is 24.4 Å². The number of nitro groups is 1. The van der Waals surface area contributed by atoms with Gasteiger partial charge in [0, 0.05) is 12.1 Å². The Morgan fingerprint density at radius 2 is 1.29 bits per heavy atom. The summed E-state index contributed by atoms with van der Waals surface area (Å²) in [5.41, 5.74) is -2.29. The van der Waals surface area contributed by atoms with Crippen LogP contribution in [0.5, 0.6) is 11.8 Å². The van der Waals surface area contributed by atoms with Crippen molar-refractivity contribution in [1.29, 1.82) is 0 Å². The second kappa shape index (κ2) is 7.21. The molecule has 0 saturated carbocycles. The Kier molecular flexibility index (Phi) is 4.94. The predicted octanol–water partition coefficient (Wildman–Crippen LogP) is 1.68. The van der Waals surface area contributed by atoms with Crippen molar-refractivity contribution in [1.82, 2.24) is 19.9 Å². The molecule has 0 amide bonds. The van der Waals surface area contributed by atoms with Gasteiger partial charge >= 0.3 is 0 Å². The van der Waals surface area contributed by atoms with Gasteiger partial charge in [0.15, 0.2) is 21.3 Å². The van der Waals surface area contributed by atoms with E-state index >= 15 is 0 Å². The van der Waals surface area contributed by atoms with Crippen LogP contribution in [0.1, 0.15) is 22.6 Å². The van der Waals surface area contributed by atoms with Crippen molar-refractivity contribution in [3.8, 4) is 11.8 Å². The van der Waals surface area contributed by atoms with Crippen LogP contribution in [0.4, 0.5) is 5.69 Å². The summed E-state index contributed by atoms with van der Waals surface area (Å²) in [5, 5.41) is 31.4. The molecule has 13 heteroatoms. The van der Waals surface area contributed by atoms with Crippen molar-refractivity contribution in [3.05, 3.63) is 81.3 Å². The van der Waals surface area contributed by atoms with Gasteiger partial charge in [-0.1, -0.05) is 12.1 Å². The third kappa shape index (κ3) is 3.47. The van der Waals surface area contributed by atoms with Gasteiger partial charge in [-0.2, -0.15) is 0 Å². The second-order valence-corrected chi connectivity index (χ2v) is 6.44. The van der Waals surface area contributed by atoms with Gasteiger partial charge in [0.2, 0.25) is 0 Å². The van der Waals surface area contributed by atoms with Crippen molar-refractivity contribution in [2.45, 2.75) is 5.92 Å². The van der Waals surface area contributed by atoms with E-state index < -0.39 is 33.7 Å². The first-order chi connectivity index (χ1) is 13.2. The Bertz CT molecular complexity index is 1230. The zero-order valence-electron chi connectivity index (χ0n) is 13.7. The maximum Gasteiger partial charge on any atom is 0.269 e. The van der Waals surface area contributed by atoms with Gasteiger partial charge in [0.25, 0.3) is 16.8 Å². The summed E-state index contributed by atoms with van der Waals surface area (Å²) in [6, 6.07) is 4.91. The van der Waals surface area contributed by atoms with Crippen molar-refractivity contribution in [2.75, 3.05) is 0 Å². The number of hydrogen-bond donors (Lipinski definition) is 6. The highest BCUT2D eigenvalue weighted by Crippen LogP contribution is 2.35. The van der Waals surface area contributed by atoms with Crippen molar-refractivity contribution in [2.24, 2.45) is 0 Å². The van der Waals surface area contributed by atoms with Gasteiger partial charge < -0.3 is 20.2 Å². The number of H-pyrrole nitrogens is 4. The first-order valence-corrected chi connectivity index (χ1v) is 8.36. The van der Waals surface area contributed by atoms with Crippen LogP contribution in [0, 0.1) is 19.7 Å². The third-order valence-corrected chi connectivity index (χ3v) is 4.34. The van der Waals surface area contributed by atoms with Gasteiger partial charge in [-0.05, 0) is 30.0 Å². The summed E-state index contributed by atoms with van der Waals surface area (Å²) in [7, 11) is 0. The molecule has 0 aliphatic heterocycles. The Balaban J connectivity index is 2.38. The molecule has 6 N–H and O–H groups in total. The molecule has 0 aliphatic carbocycles. The molecule has 0 bridgehead atoms. The standard InChI is InChI=1S/C15H11N5O6S2/c21-10-8(11(22)17-14(27)16-10)7(5-1-3-6(4-2-5)20(25)26)9-12(23)18-15(28)19-13(9)24/h1-4,7H,(H3,16,17,21,22,27)(H3,18,19,23,24,28). The SMILES string of the molecule is O=c1[nH]c(=S)[nH]c(O)c1C(c1ccc([N+](=O)[O-])cc1)c1c(O)[nH]c(=S)[nH]c1=O. The normalized spacial score (nSPS) is 10.9. The molecule has 2 heterocycles. The maximum atomic E-state index is 12.5. The molecule has 0 fully saturated rings. The van der Waals surface area contributed by atoms with E-state index in [-0.39, 0.29) is 31.9 Å². The summed E-state index contributed by atoms with van der Waals surface area (Å²) >= 11 is 9.60. The molecule has 0 atom stereocenters. The van der Waals surface area contributed by atoms with E-state index in [9.17, 15) is 29.9 Å². The molecule has 0 spiro atoms. The van der Waals surface area contributed by atoms with E-state index in [0.29, 0.717) is 0 Å². The molecule has 0 unspecified atom stereocenters. The number of aromatic amines is 4. The molecule has 2 aromatic heterocycles. The second-order valence-electron chi connectivity index (χ2n) is 5.62. The minimum Gasteiger partial charge on any atom is -0.494 e. The van der Waals surface area contributed by atoms with Crippen LogP contribution in [0.3, 0.4) is 0 Å². The number of hydrogen-bond acceptors (Lipinski definition) is 8. The fourth-order valence-corrected chi connectivity index (χ4v) is 3.15. The highest BCUT2D eigenvalue weighted by Gasteiger charge is 2.30. The minimum absolute atomic E-state index is 0.153. The lowest BCUT2D eigenvalue weighted by molar-refractivity contribution is -0.384. The number of rotatable bonds is 4. The number of nitrogens with zero attached hydrogens (tertiary/aromatic N) is 1. The molecule has 1 aromatic carbocycles. The minimum atomic E-state index is -1.30. The van der Waals surface area contributed by atoms with Gasteiger partial charge in [0.05, 0.1) is 22.0 Å². The Hall–Kier alpha value is -3.58. The van der Waals surface area contributed by atoms with Crippen LogP contribution >= 0.6 is 24.4 Å². The lowest BCUT2D eigenvalue weighted by atomic mass is 9.87. The monoisotopic (exact) mass is 421 g/mol. The van der Waals surface area contributed by atoms with Gasteiger partial charge in [-0.25, -0.2) is 0 Å². The van der Waals surface area contributed by atoms with E-state index in [2.05, 4.69) is 19.9 Å². The average Bonchev–Trinajstić information content (AvgIpc) is 2.58. The highest BCUT2D eigenvalue weighted by atomic mass is 32.1. The topological polar surface area (TPSA) is 181 Å². The number of non-ortho nitro benzene ring substituents is 1. The van der Waals surface area contributed by atoms with Crippen molar-refractivity contribution in [3.63, 3.8) is 0 Å². The molecule has 0 aliphatic rings. The van der Waals surface area contributed by atoms with Crippen LogP contribution in [-0.2, 0) is 0 Å². The Morgan fingerprint density at radius 3 is 1.64 bits per heavy atom. The molecule has 3 rings (SSSR count). The van der Waals surface area contributed by atoms with Crippen molar-refractivity contribution >= 4 is 30.1 Å². The fraction of sp³-hybridized carbons (Fsp3) is 0.0667. The van der Waals surface area contributed by atoms with Crippen LogP contribution in [-0.4, -0.2) is 35.1 Å². The quantitative estimate of drug-likeness (QED) is 0.209. The molecule has 0 saturated heterocycles. The van der Waals surface area contributed by atoms with Crippen LogP contribution in [0.2, 0.25) is 0 Å². The summed E-state index contributed by atoms with van der Waals surface area (Å²) in [6.45, 7) is 0. The van der Waals surface area contributed by atoms with Crippen LogP contribution in [0.15, 0.2) is 33.9 Å². The number of aromatic nitrogens is 4. The molecule has 0 radical (unpaired) electrons. The summed E-state index contributed by atoms with van der Waals surface area (Å²) in [5.74, 6) is -2.55. The Labute approximate surface area is 164 Å². The third-order valence-electron chi connectivity index (χ3n) is 3.93. The fourth-order valence-electron chi connectivity index (χ4n) is 2.77. The molecule has 11 nitrogen and oxygen atoms in total. The zero-order chi connectivity index (χ0) is 20.6. The first kappa shape index (κ1) is 19.2. The summed E-state index contributed by atoms with van der Waals surface area (Å²) < 4.78 is -0.307. The van der Waals surface area contributed by atoms with Crippen LogP contribution in [0.25, 0.3) is 0 Å². The van der Waals surface area contributed by atoms with E-state index in [0.717, 1.165) is 12.1 Å². The van der Waals surface area contributed by atoms with Gasteiger partial charge in [-0.3, -0.25) is 29.7 Å². The van der Waals surface area contributed by atoms with Gasteiger partial charge in [0.1, 0.15) is 0 Å². The molecule has 28 heavy (non-hydrogen) atoms. The predicted molar refractivity (Wildman–Crippen MR) is 102 cm³/mol. The summed E-state index contributed by atoms with van der Waals surface area (Å²) in [6.07, 6.45) is 0. The van der Waals surface area contributed by atoms with Crippen LogP contribution < -0.4 is 11.1 Å². The molecule has 3 aromatic rings. The lowest BCUT2D eigenvalue weighted by Gasteiger charge is -2.18. The number of aromatic hydroxyl groups is 2. The number of benzene rings is 1. The molecule has 144 valence electrons. The molecular weight excluding hydrogens is 410 g/mol.